The summed E-state index contributed by atoms with van der Waals surface area (Å²) in [6, 6.07) is 12.3. The molecule has 0 spiro atoms. The molecule has 0 fully saturated rings. The van der Waals surface area contributed by atoms with E-state index in [-0.39, 0.29) is 11.5 Å². The molecule has 2 rings (SSSR count). The molecule has 2 aromatic rings. The number of furan rings is 1. The minimum Gasteiger partial charge on any atom is -0.469 e. The largest absolute Gasteiger partial charge is 0.469 e. The van der Waals surface area contributed by atoms with Gasteiger partial charge in [0, 0.05) is 12.5 Å². The minimum absolute atomic E-state index is 0.0217. The molecule has 0 saturated carbocycles. The molecule has 0 radical (unpaired) electrons. The Balaban J connectivity index is 2.27. The van der Waals surface area contributed by atoms with E-state index in [1.54, 1.807) is 6.26 Å². The molecule has 1 heterocycles. The molecule has 96 valence electrons. The molecular formula is C16H21NO. The first-order valence-electron chi connectivity index (χ1n) is 6.36. The van der Waals surface area contributed by atoms with Crippen LogP contribution in [-0.2, 0) is 11.8 Å². The lowest BCUT2D eigenvalue weighted by Gasteiger charge is -2.25. The Morgan fingerprint density at radius 3 is 2.44 bits per heavy atom. The third kappa shape index (κ3) is 2.82. The number of hydrogen-bond donors (Lipinski definition) is 1. The van der Waals surface area contributed by atoms with Crippen LogP contribution in [0.1, 0.15) is 43.7 Å². The highest BCUT2D eigenvalue weighted by Gasteiger charge is 2.21. The van der Waals surface area contributed by atoms with E-state index in [4.69, 9.17) is 10.2 Å². The molecule has 2 N–H and O–H groups in total. The van der Waals surface area contributed by atoms with Gasteiger partial charge in [0.15, 0.2) is 0 Å². The second kappa shape index (κ2) is 4.99. The number of rotatable bonds is 3. The molecule has 0 aliphatic carbocycles. The molecule has 1 unspecified atom stereocenters. The predicted molar refractivity (Wildman–Crippen MR) is 74.5 cm³/mol. The van der Waals surface area contributed by atoms with Crippen LogP contribution in [0.3, 0.4) is 0 Å². The van der Waals surface area contributed by atoms with Crippen molar-refractivity contribution in [2.24, 2.45) is 5.73 Å². The molecule has 0 aliphatic heterocycles. The Hall–Kier alpha value is -1.54. The summed E-state index contributed by atoms with van der Waals surface area (Å²) in [5, 5.41) is 0. The minimum atomic E-state index is -0.0217. The van der Waals surface area contributed by atoms with Gasteiger partial charge in [-0.1, -0.05) is 45.0 Å². The Kier molecular flexibility index (Phi) is 3.58. The average Bonchev–Trinajstić information content (AvgIpc) is 2.80. The third-order valence-corrected chi connectivity index (χ3v) is 3.17. The summed E-state index contributed by atoms with van der Waals surface area (Å²) in [6.45, 7) is 6.64. The second-order valence-corrected chi connectivity index (χ2v) is 5.73. The van der Waals surface area contributed by atoms with Crippen LogP contribution >= 0.6 is 0 Å². The molecule has 1 aromatic heterocycles. The quantitative estimate of drug-likeness (QED) is 0.890. The average molecular weight is 243 g/mol. The smallest absolute Gasteiger partial charge is 0.105 e. The van der Waals surface area contributed by atoms with E-state index in [1.807, 2.05) is 18.2 Å². The lowest BCUT2D eigenvalue weighted by molar-refractivity contribution is 0.484. The Morgan fingerprint density at radius 1 is 1.11 bits per heavy atom. The van der Waals surface area contributed by atoms with Crippen molar-refractivity contribution in [3.05, 3.63) is 59.5 Å². The SMILES string of the molecule is CC(C)(C)c1ccccc1C(N)Cc1ccco1. The summed E-state index contributed by atoms with van der Waals surface area (Å²) < 4.78 is 5.37. The van der Waals surface area contributed by atoms with Crippen LogP contribution in [0.2, 0.25) is 0 Å². The van der Waals surface area contributed by atoms with Crippen LogP contribution < -0.4 is 5.73 Å². The highest BCUT2D eigenvalue weighted by molar-refractivity contribution is 5.35. The van der Waals surface area contributed by atoms with Crippen molar-refractivity contribution in [1.82, 2.24) is 0 Å². The lowest BCUT2D eigenvalue weighted by atomic mass is 9.81. The molecule has 2 heteroatoms. The fourth-order valence-electron chi connectivity index (χ4n) is 2.26. The first kappa shape index (κ1) is 12.9. The summed E-state index contributed by atoms with van der Waals surface area (Å²) in [5.41, 5.74) is 8.95. The van der Waals surface area contributed by atoms with E-state index >= 15 is 0 Å². The van der Waals surface area contributed by atoms with Gasteiger partial charge >= 0.3 is 0 Å². The van der Waals surface area contributed by atoms with Gasteiger partial charge in [-0.15, -0.1) is 0 Å². The maximum absolute atomic E-state index is 6.32. The van der Waals surface area contributed by atoms with E-state index in [0.717, 1.165) is 12.2 Å². The fourth-order valence-corrected chi connectivity index (χ4v) is 2.26. The Morgan fingerprint density at radius 2 is 1.83 bits per heavy atom. The molecule has 2 nitrogen and oxygen atoms in total. The summed E-state index contributed by atoms with van der Waals surface area (Å²) in [6.07, 6.45) is 2.43. The standard InChI is InChI=1S/C16H21NO/c1-16(2,3)14-9-5-4-8-13(14)15(17)11-12-7-6-10-18-12/h4-10,15H,11,17H2,1-3H3. The molecule has 0 amide bonds. The lowest BCUT2D eigenvalue weighted by Crippen LogP contribution is -2.21. The van der Waals surface area contributed by atoms with Gasteiger partial charge < -0.3 is 10.2 Å². The molecule has 1 atom stereocenters. The summed E-state index contributed by atoms with van der Waals surface area (Å²) >= 11 is 0. The molecule has 1 aromatic carbocycles. The topological polar surface area (TPSA) is 39.2 Å². The maximum Gasteiger partial charge on any atom is 0.105 e. The van der Waals surface area contributed by atoms with E-state index in [9.17, 15) is 0 Å². The van der Waals surface area contributed by atoms with Gasteiger partial charge in [0.05, 0.1) is 6.26 Å². The van der Waals surface area contributed by atoms with Crippen LogP contribution in [0.4, 0.5) is 0 Å². The number of benzene rings is 1. The second-order valence-electron chi connectivity index (χ2n) is 5.73. The maximum atomic E-state index is 6.32. The van der Waals surface area contributed by atoms with Crippen molar-refractivity contribution < 1.29 is 4.42 Å². The van der Waals surface area contributed by atoms with Crippen molar-refractivity contribution in [1.29, 1.82) is 0 Å². The molecule has 0 bridgehead atoms. The summed E-state index contributed by atoms with van der Waals surface area (Å²) in [5.74, 6) is 0.936. The van der Waals surface area contributed by atoms with Gasteiger partial charge in [0.2, 0.25) is 0 Å². The monoisotopic (exact) mass is 243 g/mol. The van der Waals surface area contributed by atoms with Gasteiger partial charge in [0.25, 0.3) is 0 Å². The van der Waals surface area contributed by atoms with Gasteiger partial charge in [0.1, 0.15) is 5.76 Å². The number of hydrogen-bond acceptors (Lipinski definition) is 2. The fraction of sp³-hybridized carbons (Fsp3) is 0.375. The van der Waals surface area contributed by atoms with E-state index < -0.39 is 0 Å². The van der Waals surface area contributed by atoms with E-state index in [2.05, 4.69) is 39.0 Å². The van der Waals surface area contributed by atoms with Crippen LogP contribution in [0.5, 0.6) is 0 Å². The van der Waals surface area contributed by atoms with Crippen molar-refractivity contribution in [3.8, 4) is 0 Å². The predicted octanol–water partition coefficient (Wildman–Crippen LogP) is 3.82. The Labute approximate surface area is 109 Å². The van der Waals surface area contributed by atoms with Crippen LogP contribution in [0.15, 0.2) is 47.1 Å². The van der Waals surface area contributed by atoms with Crippen LogP contribution in [0, 0.1) is 0 Å². The zero-order valence-corrected chi connectivity index (χ0v) is 11.3. The first-order chi connectivity index (χ1) is 8.48. The van der Waals surface area contributed by atoms with E-state index in [1.165, 1.54) is 11.1 Å². The van der Waals surface area contributed by atoms with Crippen LogP contribution in [0.25, 0.3) is 0 Å². The number of nitrogens with two attached hydrogens (primary N) is 1. The normalized spacial score (nSPS) is 13.6. The van der Waals surface area contributed by atoms with E-state index in [0.29, 0.717) is 0 Å². The zero-order chi connectivity index (χ0) is 13.2. The van der Waals surface area contributed by atoms with Gasteiger partial charge in [-0.3, -0.25) is 0 Å². The van der Waals surface area contributed by atoms with Crippen molar-refractivity contribution in [3.63, 3.8) is 0 Å². The summed E-state index contributed by atoms with van der Waals surface area (Å²) in [4.78, 5) is 0. The Bertz CT molecular complexity index is 494. The van der Waals surface area contributed by atoms with Crippen molar-refractivity contribution in [2.45, 2.75) is 38.6 Å². The molecular weight excluding hydrogens is 222 g/mol. The highest BCUT2D eigenvalue weighted by Crippen LogP contribution is 2.30. The first-order valence-corrected chi connectivity index (χ1v) is 6.36. The van der Waals surface area contributed by atoms with Gasteiger partial charge in [-0.05, 0) is 28.7 Å². The van der Waals surface area contributed by atoms with Crippen molar-refractivity contribution >= 4 is 0 Å². The highest BCUT2D eigenvalue weighted by atomic mass is 16.3. The van der Waals surface area contributed by atoms with Crippen molar-refractivity contribution in [2.75, 3.05) is 0 Å². The molecule has 18 heavy (non-hydrogen) atoms. The molecule has 0 saturated heterocycles. The van der Waals surface area contributed by atoms with Gasteiger partial charge in [-0.25, -0.2) is 0 Å². The third-order valence-electron chi connectivity index (χ3n) is 3.17. The zero-order valence-electron chi connectivity index (χ0n) is 11.3. The summed E-state index contributed by atoms with van der Waals surface area (Å²) in [7, 11) is 0. The van der Waals surface area contributed by atoms with Gasteiger partial charge in [-0.2, -0.15) is 0 Å². The molecule has 0 aliphatic rings. The van der Waals surface area contributed by atoms with Crippen LogP contribution in [-0.4, -0.2) is 0 Å².